The van der Waals surface area contributed by atoms with E-state index < -0.39 is 17.4 Å². The first-order chi connectivity index (χ1) is 9.10. The molecule has 0 amide bonds. The summed E-state index contributed by atoms with van der Waals surface area (Å²) in [7, 11) is 1.28. The van der Waals surface area contributed by atoms with E-state index in [1.165, 1.54) is 7.11 Å². The second-order valence-corrected chi connectivity index (χ2v) is 4.62. The molecule has 1 fully saturated rings. The average Bonchev–Trinajstić information content (AvgIpc) is 3.14. The molecule has 3 rings (SSSR count). The molecule has 0 atom stereocenters. The molecule has 6 heteroatoms. The summed E-state index contributed by atoms with van der Waals surface area (Å²) in [6.45, 7) is 0. The maximum absolute atomic E-state index is 11.7. The quantitative estimate of drug-likeness (QED) is 0.840. The van der Waals surface area contributed by atoms with Crippen LogP contribution in [0.2, 0.25) is 0 Å². The fraction of sp³-hybridized carbons (Fsp3) is 0.308. The Balaban J connectivity index is 2.27. The van der Waals surface area contributed by atoms with Gasteiger partial charge in [-0.25, -0.2) is 9.78 Å². The van der Waals surface area contributed by atoms with Gasteiger partial charge in [0.2, 0.25) is 0 Å². The lowest BCUT2D eigenvalue weighted by molar-refractivity contribution is -0.140. The average molecular weight is 260 g/mol. The van der Waals surface area contributed by atoms with Crippen molar-refractivity contribution in [2.45, 2.75) is 18.3 Å². The molecule has 0 bridgehead atoms. The van der Waals surface area contributed by atoms with Gasteiger partial charge in [0.25, 0.3) is 0 Å². The lowest BCUT2D eigenvalue weighted by Crippen LogP contribution is -2.22. The lowest BCUT2D eigenvalue weighted by Gasteiger charge is -2.07. The number of carbonyl (C=O) groups excluding carboxylic acids is 1. The van der Waals surface area contributed by atoms with E-state index >= 15 is 0 Å². The summed E-state index contributed by atoms with van der Waals surface area (Å²) in [4.78, 5) is 27.3. The number of esters is 1. The van der Waals surface area contributed by atoms with Crippen LogP contribution in [0.15, 0.2) is 24.4 Å². The van der Waals surface area contributed by atoms with Gasteiger partial charge in [0.15, 0.2) is 5.69 Å². The van der Waals surface area contributed by atoms with Crippen molar-refractivity contribution < 1.29 is 19.4 Å². The maximum Gasteiger partial charge on any atom is 0.358 e. The van der Waals surface area contributed by atoms with Crippen molar-refractivity contribution in [3.63, 3.8) is 0 Å². The van der Waals surface area contributed by atoms with Crippen LogP contribution in [0.4, 0.5) is 0 Å². The SMILES string of the molecule is COC(=O)c1nc(C2(C(=O)O)CC2)n2ccccc12. The molecule has 2 heterocycles. The monoisotopic (exact) mass is 260 g/mol. The number of nitrogens with zero attached hydrogens (tertiary/aromatic N) is 2. The third-order valence-electron chi connectivity index (χ3n) is 3.51. The van der Waals surface area contributed by atoms with E-state index in [-0.39, 0.29) is 5.69 Å². The molecule has 19 heavy (non-hydrogen) atoms. The van der Waals surface area contributed by atoms with Crippen LogP contribution >= 0.6 is 0 Å². The highest BCUT2D eigenvalue weighted by Crippen LogP contribution is 2.48. The minimum atomic E-state index is -0.962. The summed E-state index contributed by atoms with van der Waals surface area (Å²) in [5.41, 5.74) is -0.237. The smallest absolute Gasteiger partial charge is 0.358 e. The van der Waals surface area contributed by atoms with E-state index in [4.69, 9.17) is 0 Å². The largest absolute Gasteiger partial charge is 0.480 e. The van der Waals surface area contributed by atoms with Gasteiger partial charge in [-0.15, -0.1) is 0 Å². The Labute approximate surface area is 108 Å². The zero-order valence-electron chi connectivity index (χ0n) is 10.3. The number of aliphatic carboxylic acids is 1. The molecule has 0 aromatic carbocycles. The number of carboxylic acids is 1. The number of pyridine rings is 1. The first-order valence-corrected chi connectivity index (χ1v) is 5.89. The molecule has 1 aliphatic rings. The first-order valence-electron chi connectivity index (χ1n) is 5.89. The van der Waals surface area contributed by atoms with Gasteiger partial charge >= 0.3 is 11.9 Å². The minimum Gasteiger partial charge on any atom is -0.480 e. The lowest BCUT2D eigenvalue weighted by atomic mass is 10.1. The van der Waals surface area contributed by atoms with Gasteiger partial charge < -0.3 is 14.2 Å². The van der Waals surface area contributed by atoms with Crippen molar-refractivity contribution >= 4 is 17.5 Å². The molecule has 0 radical (unpaired) electrons. The molecule has 1 aliphatic carbocycles. The summed E-state index contributed by atoms with van der Waals surface area (Å²) in [6, 6.07) is 5.27. The zero-order valence-corrected chi connectivity index (χ0v) is 10.3. The Bertz CT molecular complexity index is 685. The number of carbonyl (C=O) groups is 2. The summed E-state index contributed by atoms with van der Waals surface area (Å²) >= 11 is 0. The number of ether oxygens (including phenoxy) is 1. The van der Waals surface area contributed by atoms with E-state index in [2.05, 4.69) is 9.72 Å². The summed E-state index contributed by atoms with van der Waals surface area (Å²) < 4.78 is 6.35. The fourth-order valence-corrected chi connectivity index (χ4v) is 2.28. The van der Waals surface area contributed by atoms with Gasteiger partial charge in [-0.2, -0.15) is 0 Å². The number of hydrogen-bond donors (Lipinski definition) is 1. The van der Waals surface area contributed by atoms with Crippen LogP contribution in [-0.2, 0) is 14.9 Å². The number of aromatic nitrogens is 2. The Morgan fingerprint density at radius 1 is 1.42 bits per heavy atom. The van der Waals surface area contributed by atoms with Crippen LogP contribution in [-0.4, -0.2) is 33.5 Å². The summed E-state index contributed by atoms with van der Waals surface area (Å²) in [6.07, 6.45) is 2.79. The van der Waals surface area contributed by atoms with E-state index in [0.717, 1.165) is 0 Å². The van der Waals surface area contributed by atoms with Gasteiger partial charge in [-0.3, -0.25) is 4.79 Å². The van der Waals surface area contributed by atoms with Gasteiger partial charge in [0.1, 0.15) is 11.2 Å². The Morgan fingerprint density at radius 2 is 2.16 bits per heavy atom. The normalized spacial score (nSPS) is 16.3. The zero-order chi connectivity index (χ0) is 13.6. The number of hydrogen-bond acceptors (Lipinski definition) is 4. The highest BCUT2D eigenvalue weighted by molar-refractivity contribution is 5.96. The molecule has 2 aromatic heterocycles. The number of imidazole rings is 1. The fourth-order valence-electron chi connectivity index (χ4n) is 2.28. The molecule has 1 saturated carbocycles. The molecule has 6 nitrogen and oxygen atoms in total. The predicted octanol–water partition coefficient (Wildman–Crippen LogP) is 1.24. The van der Waals surface area contributed by atoms with Crippen LogP contribution < -0.4 is 0 Å². The number of carboxylic acid groups (broad SMARTS) is 1. The number of methoxy groups -OCH3 is 1. The van der Waals surface area contributed by atoms with Crippen LogP contribution in [0.25, 0.3) is 5.52 Å². The van der Waals surface area contributed by atoms with Gasteiger partial charge in [0.05, 0.1) is 12.6 Å². The van der Waals surface area contributed by atoms with Crippen molar-refractivity contribution in [2.75, 3.05) is 7.11 Å². The third-order valence-corrected chi connectivity index (χ3v) is 3.51. The maximum atomic E-state index is 11.7. The minimum absolute atomic E-state index is 0.158. The summed E-state index contributed by atoms with van der Waals surface area (Å²) in [5.74, 6) is -1.06. The van der Waals surface area contributed by atoms with E-state index in [1.807, 2.05) is 0 Å². The second kappa shape index (κ2) is 3.81. The number of rotatable bonds is 3. The highest BCUT2D eigenvalue weighted by Gasteiger charge is 2.55. The highest BCUT2D eigenvalue weighted by atomic mass is 16.5. The van der Waals surface area contributed by atoms with Crippen molar-refractivity contribution in [3.8, 4) is 0 Å². The molecule has 1 N–H and O–H groups in total. The van der Waals surface area contributed by atoms with E-state index in [0.29, 0.717) is 24.2 Å². The molecule has 2 aromatic rings. The second-order valence-electron chi connectivity index (χ2n) is 4.62. The molecule has 0 saturated heterocycles. The standard InChI is InChI=1S/C13H12N2O4/c1-19-10(16)9-8-4-2-3-7-15(8)11(14-9)13(5-6-13)12(17)18/h2-4,7H,5-6H2,1H3,(H,17,18). The number of fused-ring (bicyclic) bond motifs is 1. The third kappa shape index (κ3) is 1.53. The van der Waals surface area contributed by atoms with Crippen molar-refractivity contribution in [1.29, 1.82) is 0 Å². The topological polar surface area (TPSA) is 80.9 Å². The molecular formula is C13H12N2O4. The van der Waals surface area contributed by atoms with Crippen LogP contribution in [0.5, 0.6) is 0 Å². The summed E-state index contributed by atoms with van der Waals surface area (Å²) in [5, 5.41) is 9.35. The van der Waals surface area contributed by atoms with Crippen LogP contribution in [0.3, 0.4) is 0 Å². The Kier molecular flexibility index (Phi) is 2.35. The molecule has 0 unspecified atom stereocenters. The van der Waals surface area contributed by atoms with Gasteiger partial charge in [-0.1, -0.05) is 6.07 Å². The van der Waals surface area contributed by atoms with E-state index in [1.54, 1.807) is 28.8 Å². The molecule has 0 spiro atoms. The first kappa shape index (κ1) is 11.7. The molecule has 98 valence electrons. The van der Waals surface area contributed by atoms with Crippen LogP contribution in [0.1, 0.15) is 29.2 Å². The Hall–Kier alpha value is -2.37. The molecular weight excluding hydrogens is 248 g/mol. The van der Waals surface area contributed by atoms with Gasteiger partial charge in [-0.05, 0) is 25.0 Å². The van der Waals surface area contributed by atoms with Crippen LogP contribution in [0, 0.1) is 0 Å². The van der Waals surface area contributed by atoms with Gasteiger partial charge in [0, 0.05) is 6.20 Å². The van der Waals surface area contributed by atoms with Crippen molar-refractivity contribution in [3.05, 3.63) is 35.9 Å². The van der Waals surface area contributed by atoms with E-state index in [9.17, 15) is 14.7 Å². The molecule has 0 aliphatic heterocycles. The van der Waals surface area contributed by atoms with Crippen molar-refractivity contribution in [2.24, 2.45) is 0 Å². The predicted molar refractivity (Wildman–Crippen MR) is 65.1 cm³/mol. The Morgan fingerprint density at radius 3 is 2.74 bits per heavy atom. The van der Waals surface area contributed by atoms with Crippen molar-refractivity contribution in [1.82, 2.24) is 9.38 Å².